The number of benzene rings is 2. The molecule has 0 radical (unpaired) electrons. The van der Waals surface area contributed by atoms with Gasteiger partial charge in [-0.3, -0.25) is 0 Å². The first-order chi connectivity index (χ1) is 14.2. The van der Waals surface area contributed by atoms with Crippen molar-refractivity contribution in [2.45, 2.75) is 17.9 Å². The van der Waals surface area contributed by atoms with E-state index in [1.54, 1.807) is 25.1 Å². The Labute approximate surface area is 171 Å². The predicted molar refractivity (Wildman–Crippen MR) is 103 cm³/mol. The number of rotatable bonds is 6. The average Bonchev–Trinajstić information content (AvgIpc) is 2.70. The summed E-state index contributed by atoms with van der Waals surface area (Å²) in [7, 11) is -3.93. The van der Waals surface area contributed by atoms with E-state index in [-0.39, 0.29) is 28.3 Å². The topological polar surface area (TPSA) is 102 Å². The zero-order chi connectivity index (χ0) is 21.9. The lowest BCUT2D eigenvalue weighted by Crippen LogP contribution is -2.47. The molecule has 0 unspecified atom stereocenters. The summed E-state index contributed by atoms with van der Waals surface area (Å²) in [6.45, 7) is 1.54. The maximum Gasteiger partial charge on any atom is 0.338 e. The molecule has 30 heavy (non-hydrogen) atoms. The number of sulfone groups is 1. The fourth-order valence-corrected chi connectivity index (χ4v) is 4.37. The highest BCUT2D eigenvalue weighted by atomic mass is 32.2. The normalized spacial score (nSPS) is 16.6. The molecule has 0 saturated heterocycles. The van der Waals surface area contributed by atoms with Crippen LogP contribution in [0.5, 0.6) is 0 Å². The van der Waals surface area contributed by atoms with Gasteiger partial charge in [0, 0.05) is 5.70 Å². The molecule has 10 heteroatoms. The van der Waals surface area contributed by atoms with Crippen molar-refractivity contribution in [3.8, 4) is 0 Å². The molecule has 2 amide bonds. The lowest BCUT2D eigenvalue weighted by Gasteiger charge is -2.29. The van der Waals surface area contributed by atoms with Crippen molar-refractivity contribution < 1.29 is 31.5 Å². The summed E-state index contributed by atoms with van der Waals surface area (Å²) in [5, 5.41) is 4.77. The zero-order valence-electron chi connectivity index (χ0n) is 15.8. The number of amides is 2. The highest BCUT2D eigenvalue weighted by Crippen LogP contribution is 2.30. The van der Waals surface area contributed by atoms with E-state index in [0.29, 0.717) is 0 Å². The number of hydrogen-bond acceptors (Lipinski definition) is 5. The smallest absolute Gasteiger partial charge is 0.338 e. The van der Waals surface area contributed by atoms with Gasteiger partial charge < -0.3 is 15.4 Å². The molecule has 1 aliphatic heterocycles. The molecule has 2 aromatic rings. The molecule has 7 nitrogen and oxygen atoms in total. The van der Waals surface area contributed by atoms with Gasteiger partial charge in [0.25, 0.3) is 0 Å². The van der Waals surface area contributed by atoms with Gasteiger partial charge in [0.2, 0.25) is 0 Å². The van der Waals surface area contributed by atoms with Crippen molar-refractivity contribution in [3.63, 3.8) is 0 Å². The first-order valence-corrected chi connectivity index (χ1v) is 10.6. The Bertz CT molecular complexity index is 1120. The molecule has 0 spiro atoms. The van der Waals surface area contributed by atoms with Crippen LogP contribution in [0.15, 0.2) is 64.7 Å². The second-order valence-corrected chi connectivity index (χ2v) is 8.38. The third-order valence-corrected chi connectivity index (χ3v) is 6.02. The Kier molecular flexibility index (Phi) is 6.16. The van der Waals surface area contributed by atoms with E-state index >= 15 is 0 Å². The third-order valence-electron chi connectivity index (χ3n) is 4.36. The monoisotopic (exact) mass is 436 g/mol. The summed E-state index contributed by atoms with van der Waals surface area (Å²) in [5.74, 6) is -3.87. The van der Waals surface area contributed by atoms with Crippen molar-refractivity contribution in [3.05, 3.63) is 77.0 Å². The van der Waals surface area contributed by atoms with E-state index in [9.17, 15) is 26.8 Å². The summed E-state index contributed by atoms with van der Waals surface area (Å²) in [6.07, 6.45) is 0. The number of nitrogens with one attached hydrogen (secondary N) is 2. The van der Waals surface area contributed by atoms with Crippen LogP contribution in [0.4, 0.5) is 13.6 Å². The van der Waals surface area contributed by atoms with Crippen LogP contribution in [0.25, 0.3) is 0 Å². The Morgan fingerprint density at radius 1 is 1.10 bits per heavy atom. The molecule has 1 heterocycles. The summed E-state index contributed by atoms with van der Waals surface area (Å²) in [4.78, 5) is 24.8. The standard InChI is InChI=1S/C20H18F2N2O5S/c1-2-29-19(25)17-16(11-30(27,28)13-6-4-3-5-7-13)23-20(26)24-18(17)12-8-9-14(21)15(22)10-12/h3-10,18H,2,11H2,1H3,(H2,23,24,26)/t18-/m1/s1. The second kappa shape index (κ2) is 8.62. The molecule has 0 aliphatic carbocycles. The van der Waals surface area contributed by atoms with Crippen LogP contribution in [-0.2, 0) is 19.4 Å². The maximum absolute atomic E-state index is 13.8. The van der Waals surface area contributed by atoms with Crippen molar-refractivity contribution >= 4 is 21.8 Å². The first kappa shape index (κ1) is 21.4. The van der Waals surface area contributed by atoms with Gasteiger partial charge in [0.05, 0.1) is 28.9 Å². The van der Waals surface area contributed by atoms with Crippen molar-refractivity contribution in [2.24, 2.45) is 0 Å². The van der Waals surface area contributed by atoms with Crippen LogP contribution >= 0.6 is 0 Å². The summed E-state index contributed by atoms with van der Waals surface area (Å²) in [6, 6.07) is 8.34. The Balaban J connectivity index is 2.12. The highest BCUT2D eigenvalue weighted by molar-refractivity contribution is 7.91. The van der Waals surface area contributed by atoms with E-state index < -0.39 is 45.3 Å². The van der Waals surface area contributed by atoms with E-state index in [2.05, 4.69) is 10.6 Å². The predicted octanol–water partition coefficient (Wildman–Crippen LogP) is 2.61. The van der Waals surface area contributed by atoms with E-state index in [1.807, 2.05) is 0 Å². The Morgan fingerprint density at radius 3 is 2.43 bits per heavy atom. The quantitative estimate of drug-likeness (QED) is 0.678. The molecule has 3 rings (SSSR count). The molecule has 1 aliphatic rings. The van der Waals surface area contributed by atoms with Gasteiger partial charge in [-0.25, -0.2) is 26.8 Å². The number of esters is 1. The lowest BCUT2D eigenvalue weighted by atomic mass is 9.95. The largest absolute Gasteiger partial charge is 0.463 e. The van der Waals surface area contributed by atoms with Crippen LogP contribution < -0.4 is 10.6 Å². The minimum absolute atomic E-state index is 0.00197. The van der Waals surface area contributed by atoms with E-state index in [4.69, 9.17) is 4.74 Å². The van der Waals surface area contributed by atoms with Gasteiger partial charge in [-0.2, -0.15) is 0 Å². The first-order valence-electron chi connectivity index (χ1n) is 8.93. The van der Waals surface area contributed by atoms with Crippen LogP contribution in [0.1, 0.15) is 18.5 Å². The zero-order valence-corrected chi connectivity index (χ0v) is 16.6. The highest BCUT2D eigenvalue weighted by Gasteiger charge is 2.36. The minimum Gasteiger partial charge on any atom is -0.463 e. The van der Waals surface area contributed by atoms with Crippen LogP contribution in [0.2, 0.25) is 0 Å². The SMILES string of the molecule is CCOC(=O)C1=C(CS(=O)(=O)c2ccccc2)NC(=O)N[C@@H]1c1ccc(F)c(F)c1. The number of carbonyl (C=O) groups is 2. The molecule has 0 aromatic heterocycles. The molecule has 2 N–H and O–H groups in total. The van der Waals surface area contributed by atoms with Crippen LogP contribution in [-0.4, -0.2) is 32.8 Å². The van der Waals surface area contributed by atoms with Crippen LogP contribution in [0, 0.1) is 11.6 Å². The molecule has 0 bridgehead atoms. The molecule has 158 valence electrons. The molecule has 0 fully saturated rings. The summed E-state index contributed by atoms with van der Waals surface area (Å²) >= 11 is 0. The maximum atomic E-state index is 13.8. The fraction of sp³-hybridized carbons (Fsp3) is 0.200. The molecule has 1 atom stereocenters. The fourth-order valence-electron chi connectivity index (χ4n) is 3.02. The van der Waals surface area contributed by atoms with Gasteiger partial charge in [-0.15, -0.1) is 0 Å². The number of hydrogen-bond donors (Lipinski definition) is 2. The Morgan fingerprint density at radius 2 is 1.80 bits per heavy atom. The average molecular weight is 436 g/mol. The summed E-state index contributed by atoms with van der Waals surface area (Å²) in [5.41, 5.74) is -0.348. The van der Waals surface area contributed by atoms with E-state index in [1.165, 1.54) is 18.2 Å². The van der Waals surface area contributed by atoms with Crippen molar-refractivity contribution in [1.29, 1.82) is 0 Å². The Hall–Kier alpha value is -3.27. The number of carbonyl (C=O) groups excluding carboxylic acids is 2. The number of urea groups is 1. The molecular weight excluding hydrogens is 418 g/mol. The lowest BCUT2D eigenvalue weighted by molar-refractivity contribution is -0.139. The summed E-state index contributed by atoms with van der Waals surface area (Å²) < 4.78 is 57.8. The molecule has 2 aromatic carbocycles. The van der Waals surface area contributed by atoms with Gasteiger partial charge in [0.15, 0.2) is 21.5 Å². The van der Waals surface area contributed by atoms with E-state index in [0.717, 1.165) is 12.1 Å². The van der Waals surface area contributed by atoms with Crippen molar-refractivity contribution in [2.75, 3.05) is 12.4 Å². The minimum atomic E-state index is -3.93. The second-order valence-electron chi connectivity index (χ2n) is 6.39. The van der Waals surface area contributed by atoms with Gasteiger partial charge in [-0.05, 0) is 36.8 Å². The number of ether oxygens (including phenoxy) is 1. The third kappa shape index (κ3) is 4.48. The van der Waals surface area contributed by atoms with Gasteiger partial charge in [-0.1, -0.05) is 24.3 Å². The van der Waals surface area contributed by atoms with Gasteiger partial charge in [0.1, 0.15) is 0 Å². The van der Waals surface area contributed by atoms with Crippen LogP contribution in [0.3, 0.4) is 0 Å². The molecule has 0 saturated carbocycles. The molecular formula is C20H18F2N2O5S. The van der Waals surface area contributed by atoms with Gasteiger partial charge >= 0.3 is 12.0 Å². The van der Waals surface area contributed by atoms with Crippen molar-refractivity contribution in [1.82, 2.24) is 10.6 Å². The number of halogens is 2.